The Morgan fingerprint density at radius 2 is 2.05 bits per heavy atom. The number of benzene rings is 1. The maximum atomic E-state index is 7.12. The predicted molar refractivity (Wildman–Crippen MR) is 93.8 cm³/mol. The molecule has 1 aromatic carbocycles. The highest BCUT2D eigenvalue weighted by molar-refractivity contribution is 7.17. The first-order chi connectivity index (χ1) is 10.9. The molecule has 0 saturated heterocycles. The van der Waals surface area contributed by atoms with E-state index in [1.165, 1.54) is 27.4 Å². The van der Waals surface area contributed by atoms with E-state index in [0.29, 0.717) is 0 Å². The van der Waals surface area contributed by atoms with Gasteiger partial charge in [0.25, 0.3) is 0 Å². The molecule has 4 aromatic rings. The van der Waals surface area contributed by atoms with Crippen molar-refractivity contribution >= 4 is 39.4 Å². The van der Waals surface area contributed by atoms with Crippen LogP contribution in [0.1, 0.15) is 5.69 Å². The van der Waals surface area contributed by atoms with Gasteiger partial charge in [0, 0.05) is 28.1 Å². The van der Waals surface area contributed by atoms with Crippen molar-refractivity contribution in [3.05, 3.63) is 65.9 Å². The summed E-state index contributed by atoms with van der Waals surface area (Å²) in [6.07, 6.45) is 8.81. The maximum absolute atomic E-state index is 7.12. The van der Waals surface area contributed by atoms with Gasteiger partial charge in [-0.3, -0.25) is 4.40 Å². The molecule has 3 heterocycles. The number of pyridine rings is 1. The molecule has 0 radical (unpaired) electrons. The largest absolute Gasteiger partial charge is 0.309 e. The molecule has 0 spiro atoms. The summed E-state index contributed by atoms with van der Waals surface area (Å²) in [6.45, 7) is 0. The van der Waals surface area contributed by atoms with Gasteiger partial charge in [-0.2, -0.15) is 0 Å². The second kappa shape index (κ2) is 5.24. The standard InChI is InChI=1S/C18H13N3S/c19-9-3-4-14-10-20-18-8-7-13(11-21(14)18)16-12-22-17-6-2-1-5-15(16)17/h1-12,19H/b4-3+,19-9?. The molecular formula is C18H13N3S. The first-order valence-corrected chi connectivity index (χ1v) is 7.85. The van der Waals surface area contributed by atoms with Gasteiger partial charge in [-0.1, -0.05) is 18.2 Å². The number of hydrogen-bond donors (Lipinski definition) is 1. The molecule has 0 aliphatic carbocycles. The summed E-state index contributed by atoms with van der Waals surface area (Å²) in [4.78, 5) is 4.40. The lowest BCUT2D eigenvalue weighted by molar-refractivity contribution is 1.17. The minimum absolute atomic E-state index is 0.910. The molecule has 1 N–H and O–H groups in total. The summed E-state index contributed by atoms with van der Waals surface area (Å²) >= 11 is 1.77. The number of thiophene rings is 1. The highest BCUT2D eigenvalue weighted by Gasteiger charge is 2.08. The number of allylic oxidation sites excluding steroid dienone is 1. The summed E-state index contributed by atoms with van der Waals surface area (Å²) in [5.74, 6) is 0. The van der Waals surface area contributed by atoms with Gasteiger partial charge in [0.1, 0.15) is 5.65 Å². The SMILES string of the molecule is N=C/C=C/c1cnc2ccc(-c3csc4ccccc34)cn12. The number of fused-ring (bicyclic) bond motifs is 2. The summed E-state index contributed by atoms with van der Waals surface area (Å²) < 4.78 is 3.36. The minimum atomic E-state index is 0.910. The van der Waals surface area contributed by atoms with Crippen LogP contribution in [0.5, 0.6) is 0 Å². The van der Waals surface area contributed by atoms with Crippen LogP contribution in [0.4, 0.5) is 0 Å². The van der Waals surface area contributed by atoms with Gasteiger partial charge in [-0.05, 0) is 41.3 Å². The van der Waals surface area contributed by atoms with Gasteiger partial charge in [0.2, 0.25) is 0 Å². The van der Waals surface area contributed by atoms with Crippen LogP contribution in [0.2, 0.25) is 0 Å². The zero-order valence-electron chi connectivity index (χ0n) is 11.7. The number of imidazole rings is 1. The fraction of sp³-hybridized carbons (Fsp3) is 0. The molecule has 0 aliphatic heterocycles. The third-order valence-corrected chi connectivity index (χ3v) is 4.65. The van der Waals surface area contributed by atoms with E-state index in [1.807, 2.05) is 18.3 Å². The molecule has 4 heteroatoms. The Kier molecular flexibility index (Phi) is 3.09. The van der Waals surface area contributed by atoms with Crippen LogP contribution < -0.4 is 0 Å². The molecule has 0 fully saturated rings. The van der Waals surface area contributed by atoms with E-state index in [2.05, 4.69) is 51.3 Å². The topological polar surface area (TPSA) is 41.2 Å². The van der Waals surface area contributed by atoms with E-state index >= 15 is 0 Å². The van der Waals surface area contributed by atoms with Gasteiger partial charge < -0.3 is 5.41 Å². The van der Waals surface area contributed by atoms with Crippen molar-refractivity contribution in [2.45, 2.75) is 0 Å². The minimum Gasteiger partial charge on any atom is -0.309 e. The monoisotopic (exact) mass is 303 g/mol. The number of nitrogens with zero attached hydrogens (tertiary/aromatic N) is 2. The lowest BCUT2D eigenvalue weighted by Gasteiger charge is -2.03. The van der Waals surface area contributed by atoms with Crippen molar-refractivity contribution in [1.29, 1.82) is 5.41 Å². The van der Waals surface area contributed by atoms with Gasteiger partial charge in [0.05, 0.1) is 11.9 Å². The third-order valence-electron chi connectivity index (χ3n) is 3.69. The smallest absolute Gasteiger partial charge is 0.137 e. The highest BCUT2D eigenvalue weighted by Crippen LogP contribution is 2.33. The lowest BCUT2D eigenvalue weighted by Crippen LogP contribution is -1.88. The molecule has 0 bridgehead atoms. The van der Waals surface area contributed by atoms with Crippen LogP contribution in [0, 0.1) is 5.41 Å². The van der Waals surface area contributed by atoms with Crippen LogP contribution in [-0.4, -0.2) is 15.6 Å². The van der Waals surface area contributed by atoms with Gasteiger partial charge in [-0.25, -0.2) is 4.98 Å². The Morgan fingerprint density at radius 1 is 1.14 bits per heavy atom. The second-order valence-corrected chi connectivity index (χ2v) is 5.91. The Morgan fingerprint density at radius 3 is 2.95 bits per heavy atom. The predicted octanol–water partition coefficient (Wildman–Crippen LogP) is 4.88. The van der Waals surface area contributed by atoms with E-state index in [-0.39, 0.29) is 0 Å². The second-order valence-electron chi connectivity index (χ2n) is 5.00. The number of aromatic nitrogens is 2. The molecule has 0 aliphatic rings. The molecular weight excluding hydrogens is 290 g/mol. The van der Waals surface area contributed by atoms with Crippen molar-refractivity contribution in [2.24, 2.45) is 0 Å². The van der Waals surface area contributed by atoms with E-state index < -0.39 is 0 Å². The van der Waals surface area contributed by atoms with Crippen molar-refractivity contribution in [2.75, 3.05) is 0 Å². The fourth-order valence-corrected chi connectivity index (χ4v) is 3.60. The van der Waals surface area contributed by atoms with Gasteiger partial charge >= 0.3 is 0 Å². The normalized spacial score (nSPS) is 11.6. The van der Waals surface area contributed by atoms with E-state index in [9.17, 15) is 0 Å². The van der Waals surface area contributed by atoms with Crippen LogP contribution in [0.15, 0.2) is 60.2 Å². The van der Waals surface area contributed by atoms with Crippen molar-refractivity contribution in [3.8, 4) is 11.1 Å². The Hall–Kier alpha value is -2.72. The van der Waals surface area contributed by atoms with E-state index in [4.69, 9.17) is 5.41 Å². The average molecular weight is 303 g/mol. The number of hydrogen-bond acceptors (Lipinski definition) is 3. The summed E-state index contributed by atoms with van der Waals surface area (Å²) in [5, 5.41) is 10.6. The summed E-state index contributed by atoms with van der Waals surface area (Å²) in [6, 6.07) is 12.6. The summed E-state index contributed by atoms with van der Waals surface area (Å²) in [7, 11) is 0. The quantitative estimate of drug-likeness (QED) is 0.538. The lowest BCUT2D eigenvalue weighted by atomic mass is 10.1. The average Bonchev–Trinajstić information content (AvgIpc) is 3.16. The zero-order chi connectivity index (χ0) is 14.9. The molecule has 3 aromatic heterocycles. The number of nitrogens with one attached hydrogen (secondary N) is 1. The Labute approximate surface area is 131 Å². The third kappa shape index (κ3) is 2.05. The van der Waals surface area contributed by atoms with Gasteiger partial charge in [0.15, 0.2) is 0 Å². The molecule has 0 unspecified atom stereocenters. The van der Waals surface area contributed by atoms with Crippen molar-refractivity contribution in [3.63, 3.8) is 0 Å². The summed E-state index contributed by atoms with van der Waals surface area (Å²) in [5.41, 5.74) is 4.30. The Bertz CT molecular complexity index is 1010. The molecule has 0 atom stereocenters. The van der Waals surface area contributed by atoms with Crippen LogP contribution in [-0.2, 0) is 0 Å². The van der Waals surface area contributed by atoms with Crippen LogP contribution >= 0.6 is 11.3 Å². The highest BCUT2D eigenvalue weighted by atomic mass is 32.1. The number of rotatable bonds is 3. The molecule has 106 valence electrons. The van der Waals surface area contributed by atoms with Crippen molar-refractivity contribution < 1.29 is 0 Å². The Balaban J connectivity index is 1.92. The van der Waals surface area contributed by atoms with Crippen LogP contribution in [0.25, 0.3) is 32.9 Å². The van der Waals surface area contributed by atoms with Crippen LogP contribution in [0.3, 0.4) is 0 Å². The first-order valence-electron chi connectivity index (χ1n) is 6.98. The van der Waals surface area contributed by atoms with Crippen molar-refractivity contribution in [1.82, 2.24) is 9.38 Å². The van der Waals surface area contributed by atoms with Gasteiger partial charge in [-0.15, -0.1) is 11.3 Å². The molecule has 3 nitrogen and oxygen atoms in total. The molecule has 0 saturated carbocycles. The molecule has 22 heavy (non-hydrogen) atoms. The zero-order valence-corrected chi connectivity index (χ0v) is 12.5. The fourth-order valence-electron chi connectivity index (χ4n) is 2.63. The van der Waals surface area contributed by atoms with E-state index in [0.717, 1.165) is 11.3 Å². The van der Waals surface area contributed by atoms with E-state index in [1.54, 1.807) is 17.4 Å². The molecule has 4 rings (SSSR count). The maximum Gasteiger partial charge on any atom is 0.137 e. The molecule has 0 amide bonds. The first kappa shape index (κ1) is 13.0.